The van der Waals surface area contributed by atoms with Gasteiger partial charge >= 0.3 is 0 Å². The summed E-state index contributed by atoms with van der Waals surface area (Å²) in [5.41, 5.74) is 0. The van der Waals surface area contributed by atoms with Crippen molar-refractivity contribution in [3.8, 4) is 0 Å². The van der Waals surface area contributed by atoms with E-state index in [0.717, 1.165) is 31.5 Å². The molecule has 1 saturated carbocycles. The minimum Gasteiger partial charge on any atom is -0.357 e. The first-order valence-electron chi connectivity index (χ1n) is 9.28. The number of nitrogens with zero attached hydrogens (tertiary/aromatic N) is 3. The zero-order valence-electron chi connectivity index (χ0n) is 14.8. The molecular weight excluding hydrogens is 286 g/mol. The van der Waals surface area contributed by atoms with Crippen LogP contribution in [-0.2, 0) is 6.54 Å². The van der Waals surface area contributed by atoms with Crippen LogP contribution in [-0.4, -0.2) is 34.6 Å². The van der Waals surface area contributed by atoms with Gasteiger partial charge < -0.3 is 15.2 Å². The average Bonchev–Trinajstić information content (AvgIpc) is 3.07. The fourth-order valence-electron chi connectivity index (χ4n) is 3.28. The molecule has 5 nitrogen and oxygen atoms in total. The molecule has 0 spiro atoms. The molecule has 0 saturated heterocycles. The lowest BCUT2D eigenvalue weighted by atomic mass is 9.85. The molecule has 130 valence electrons. The maximum atomic E-state index is 4.67. The zero-order valence-corrected chi connectivity index (χ0v) is 14.8. The van der Waals surface area contributed by atoms with E-state index in [-0.39, 0.29) is 0 Å². The highest BCUT2D eigenvalue weighted by Crippen LogP contribution is 2.27. The molecule has 1 aliphatic rings. The van der Waals surface area contributed by atoms with Gasteiger partial charge in [0.05, 0.1) is 12.9 Å². The average molecular weight is 319 g/mol. The molecule has 1 atom stereocenters. The van der Waals surface area contributed by atoms with Gasteiger partial charge in [0, 0.05) is 31.5 Å². The molecule has 2 N–H and O–H groups in total. The van der Waals surface area contributed by atoms with Gasteiger partial charge in [0.25, 0.3) is 0 Å². The quantitative estimate of drug-likeness (QED) is 0.571. The van der Waals surface area contributed by atoms with Crippen molar-refractivity contribution in [2.75, 3.05) is 13.1 Å². The molecule has 0 bridgehead atoms. The molecule has 5 heteroatoms. The normalized spacial score (nSPS) is 17.9. The van der Waals surface area contributed by atoms with E-state index in [1.165, 1.54) is 44.9 Å². The van der Waals surface area contributed by atoms with E-state index >= 15 is 0 Å². The summed E-state index contributed by atoms with van der Waals surface area (Å²) in [5.74, 6) is 1.89. The lowest BCUT2D eigenvalue weighted by molar-refractivity contribution is 0.322. The Hall–Kier alpha value is -1.52. The van der Waals surface area contributed by atoms with Gasteiger partial charge in [-0.3, -0.25) is 4.99 Å². The van der Waals surface area contributed by atoms with Crippen LogP contribution in [0.1, 0.15) is 58.8 Å². The monoisotopic (exact) mass is 319 g/mol. The van der Waals surface area contributed by atoms with Crippen LogP contribution in [0.25, 0.3) is 0 Å². The molecule has 0 amide bonds. The smallest absolute Gasteiger partial charge is 0.191 e. The molecule has 1 aliphatic carbocycles. The number of rotatable bonds is 8. The maximum Gasteiger partial charge on any atom is 0.191 e. The minimum absolute atomic E-state index is 0.475. The second-order valence-corrected chi connectivity index (χ2v) is 6.69. The van der Waals surface area contributed by atoms with Crippen LogP contribution in [0.4, 0.5) is 0 Å². The Morgan fingerprint density at radius 1 is 1.35 bits per heavy atom. The van der Waals surface area contributed by atoms with E-state index in [1.807, 2.05) is 12.5 Å². The van der Waals surface area contributed by atoms with Crippen molar-refractivity contribution in [3.63, 3.8) is 0 Å². The van der Waals surface area contributed by atoms with Crippen LogP contribution in [0.2, 0.25) is 0 Å². The summed E-state index contributed by atoms with van der Waals surface area (Å²) >= 11 is 0. The molecule has 1 fully saturated rings. The Kier molecular flexibility index (Phi) is 7.98. The van der Waals surface area contributed by atoms with Crippen LogP contribution in [0.3, 0.4) is 0 Å². The van der Waals surface area contributed by atoms with E-state index in [9.17, 15) is 0 Å². The van der Waals surface area contributed by atoms with Crippen molar-refractivity contribution in [3.05, 3.63) is 18.7 Å². The van der Waals surface area contributed by atoms with Crippen LogP contribution in [0, 0.1) is 5.92 Å². The summed E-state index contributed by atoms with van der Waals surface area (Å²) in [7, 11) is 0. The summed E-state index contributed by atoms with van der Waals surface area (Å²) in [5, 5.41) is 6.90. The predicted octanol–water partition coefficient (Wildman–Crippen LogP) is 3.19. The molecule has 1 heterocycles. The molecule has 23 heavy (non-hydrogen) atoms. The van der Waals surface area contributed by atoms with Gasteiger partial charge in [-0.15, -0.1) is 0 Å². The largest absolute Gasteiger partial charge is 0.357 e. The van der Waals surface area contributed by atoms with Crippen LogP contribution in [0.5, 0.6) is 0 Å². The van der Waals surface area contributed by atoms with Crippen molar-refractivity contribution in [1.82, 2.24) is 20.2 Å². The Morgan fingerprint density at radius 2 is 2.17 bits per heavy atom. The van der Waals surface area contributed by atoms with Gasteiger partial charge in [-0.25, -0.2) is 4.98 Å². The molecule has 0 aliphatic heterocycles. The Balaban J connectivity index is 1.70. The van der Waals surface area contributed by atoms with E-state index in [4.69, 9.17) is 0 Å². The Bertz CT molecular complexity index is 434. The molecule has 1 aromatic heterocycles. The molecule has 0 aromatic carbocycles. The highest BCUT2D eigenvalue weighted by Gasteiger charge is 2.14. The van der Waals surface area contributed by atoms with Gasteiger partial charge in [-0.2, -0.15) is 0 Å². The second kappa shape index (κ2) is 10.3. The second-order valence-electron chi connectivity index (χ2n) is 6.69. The maximum absolute atomic E-state index is 4.67. The van der Waals surface area contributed by atoms with Gasteiger partial charge in [0.2, 0.25) is 0 Å². The van der Waals surface area contributed by atoms with E-state index in [2.05, 4.69) is 39.0 Å². The summed E-state index contributed by atoms with van der Waals surface area (Å²) in [4.78, 5) is 8.73. The predicted molar refractivity (Wildman–Crippen MR) is 96.6 cm³/mol. The Labute approximate surface area is 141 Å². The van der Waals surface area contributed by atoms with E-state index < -0.39 is 0 Å². The topological polar surface area (TPSA) is 54.2 Å². The number of nitrogens with one attached hydrogen (secondary N) is 2. The lowest BCUT2D eigenvalue weighted by Crippen LogP contribution is -2.42. The fourth-order valence-corrected chi connectivity index (χ4v) is 3.28. The van der Waals surface area contributed by atoms with E-state index in [0.29, 0.717) is 6.04 Å². The lowest BCUT2D eigenvalue weighted by Gasteiger charge is -2.24. The standard InChI is InChI=1S/C18H33N5/c1-3-20-18(21-12-14-23-13-11-19-15-23)22-16(2)9-10-17-7-5-4-6-8-17/h11,13,15-17H,3-10,12,14H2,1-2H3,(H2,20,21,22). The molecule has 2 rings (SSSR count). The van der Waals surface area contributed by atoms with Crippen molar-refractivity contribution >= 4 is 5.96 Å². The van der Waals surface area contributed by atoms with Gasteiger partial charge in [0.1, 0.15) is 0 Å². The van der Waals surface area contributed by atoms with Crippen LogP contribution >= 0.6 is 0 Å². The Morgan fingerprint density at radius 3 is 2.87 bits per heavy atom. The highest BCUT2D eigenvalue weighted by atomic mass is 15.2. The number of aromatic nitrogens is 2. The van der Waals surface area contributed by atoms with Crippen LogP contribution < -0.4 is 10.6 Å². The first kappa shape index (κ1) is 17.8. The van der Waals surface area contributed by atoms with Crippen molar-refractivity contribution in [1.29, 1.82) is 0 Å². The summed E-state index contributed by atoms with van der Waals surface area (Å²) in [6.45, 7) is 6.91. The van der Waals surface area contributed by atoms with Crippen LogP contribution in [0.15, 0.2) is 23.7 Å². The third-order valence-corrected chi connectivity index (χ3v) is 4.65. The summed E-state index contributed by atoms with van der Waals surface area (Å²) in [6.07, 6.45) is 15.4. The molecular formula is C18H33N5. The first-order chi connectivity index (χ1) is 11.3. The molecule has 0 radical (unpaired) electrons. The third kappa shape index (κ3) is 7.06. The fraction of sp³-hybridized carbons (Fsp3) is 0.778. The number of guanidine groups is 1. The van der Waals surface area contributed by atoms with Gasteiger partial charge in [-0.05, 0) is 32.6 Å². The van der Waals surface area contributed by atoms with Crippen molar-refractivity contribution < 1.29 is 0 Å². The number of hydrogen-bond acceptors (Lipinski definition) is 2. The SMILES string of the molecule is CCNC(=NCCn1ccnc1)NC(C)CCC1CCCCC1. The number of imidazole rings is 1. The zero-order chi connectivity index (χ0) is 16.3. The molecule has 1 unspecified atom stereocenters. The van der Waals surface area contributed by atoms with Gasteiger partial charge in [-0.1, -0.05) is 32.1 Å². The minimum atomic E-state index is 0.475. The molecule has 1 aromatic rings. The third-order valence-electron chi connectivity index (χ3n) is 4.65. The van der Waals surface area contributed by atoms with Crippen molar-refractivity contribution in [2.24, 2.45) is 10.9 Å². The highest BCUT2D eigenvalue weighted by molar-refractivity contribution is 5.79. The van der Waals surface area contributed by atoms with E-state index in [1.54, 1.807) is 6.20 Å². The van der Waals surface area contributed by atoms with Crippen molar-refractivity contribution in [2.45, 2.75) is 71.4 Å². The number of aliphatic imine (C=N–C) groups is 1. The summed E-state index contributed by atoms with van der Waals surface area (Å²) < 4.78 is 2.06. The van der Waals surface area contributed by atoms with Gasteiger partial charge in [0.15, 0.2) is 5.96 Å². The number of hydrogen-bond donors (Lipinski definition) is 2. The first-order valence-corrected chi connectivity index (χ1v) is 9.28. The summed E-state index contributed by atoms with van der Waals surface area (Å²) in [6, 6.07) is 0.475.